The zero-order chi connectivity index (χ0) is 28.6. The fraction of sp³-hybridized carbons (Fsp3) is 0.310. The summed E-state index contributed by atoms with van der Waals surface area (Å²) in [4.78, 5) is 28.9. The molecule has 0 bridgehead atoms. The molecule has 3 aromatic rings. The Labute approximate surface area is 238 Å². The average Bonchev–Trinajstić information content (AvgIpc) is 2.90. The highest BCUT2D eigenvalue weighted by atomic mass is 79.9. The standard InChI is InChI=1S/C29H33BrFN3O4S/c1-4-21(2)32-29(36)27(18-22-12-6-5-7-13-22)33(19-23-14-8-10-16-25(23)31)28(35)20-34(39(3,37)38)26-17-11-9-15-24(26)30/h5-17,21,27H,4,18-20H2,1-3H3,(H,32,36)/t21-,27+/m0/s1. The molecule has 0 saturated carbocycles. The van der Waals surface area contributed by atoms with Crippen LogP contribution in [0.4, 0.5) is 10.1 Å². The third-order valence-corrected chi connectivity index (χ3v) is 8.17. The van der Waals surface area contributed by atoms with Crippen molar-refractivity contribution in [1.82, 2.24) is 10.2 Å². The van der Waals surface area contributed by atoms with E-state index in [1.807, 2.05) is 44.2 Å². The van der Waals surface area contributed by atoms with Gasteiger partial charge in [-0.2, -0.15) is 0 Å². The number of nitrogens with one attached hydrogen (secondary N) is 1. The summed E-state index contributed by atoms with van der Waals surface area (Å²) >= 11 is 3.37. The van der Waals surface area contributed by atoms with Crippen molar-refractivity contribution in [2.45, 2.75) is 45.3 Å². The lowest BCUT2D eigenvalue weighted by atomic mass is 10.0. The predicted octanol–water partition coefficient (Wildman–Crippen LogP) is 4.91. The molecule has 0 radical (unpaired) electrons. The number of carbonyl (C=O) groups excluding carboxylic acids is 2. The van der Waals surface area contributed by atoms with Crippen molar-refractivity contribution in [3.05, 3.63) is 100 Å². The minimum absolute atomic E-state index is 0.158. The molecular formula is C29H33BrFN3O4S. The van der Waals surface area contributed by atoms with E-state index in [-0.39, 0.29) is 30.3 Å². The van der Waals surface area contributed by atoms with Gasteiger partial charge in [0.15, 0.2) is 0 Å². The smallest absolute Gasteiger partial charge is 0.244 e. The number of hydrogen-bond acceptors (Lipinski definition) is 4. The van der Waals surface area contributed by atoms with Crippen LogP contribution in [0.15, 0.2) is 83.3 Å². The van der Waals surface area contributed by atoms with Gasteiger partial charge < -0.3 is 10.2 Å². The molecule has 0 aromatic heterocycles. The first-order valence-corrected chi connectivity index (χ1v) is 15.2. The Morgan fingerprint density at radius 1 is 0.974 bits per heavy atom. The van der Waals surface area contributed by atoms with E-state index in [1.165, 1.54) is 11.0 Å². The molecule has 0 saturated heterocycles. The van der Waals surface area contributed by atoms with Gasteiger partial charge in [0.2, 0.25) is 21.8 Å². The van der Waals surface area contributed by atoms with E-state index < -0.39 is 40.2 Å². The third kappa shape index (κ3) is 8.37. The predicted molar refractivity (Wildman–Crippen MR) is 155 cm³/mol. The lowest BCUT2D eigenvalue weighted by molar-refractivity contribution is -0.140. The zero-order valence-corrected chi connectivity index (χ0v) is 24.6. The Morgan fingerprint density at radius 2 is 1.59 bits per heavy atom. The first-order valence-electron chi connectivity index (χ1n) is 12.6. The Bertz CT molecular complexity index is 1390. The molecule has 0 unspecified atom stereocenters. The number of amides is 2. The van der Waals surface area contributed by atoms with Crippen molar-refractivity contribution in [2.24, 2.45) is 0 Å². The molecule has 7 nitrogen and oxygen atoms in total. The molecule has 0 aliphatic carbocycles. The summed E-state index contributed by atoms with van der Waals surface area (Å²) in [6.07, 6.45) is 1.85. The van der Waals surface area contributed by atoms with Crippen molar-refractivity contribution in [1.29, 1.82) is 0 Å². The molecule has 39 heavy (non-hydrogen) atoms. The summed E-state index contributed by atoms with van der Waals surface area (Å²) in [5, 5.41) is 2.94. The first-order chi connectivity index (χ1) is 18.5. The largest absolute Gasteiger partial charge is 0.352 e. The van der Waals surface area contributed by atoms with Crippen LogP contribution in [-0.2, 0) is 32.6 Å². The molecule has 2 amide bonds. The van der Waals surface area contributed by atoms with Gasteiger partial charge in [0, 0.05) is 29.0 Å². The molecule has 2 atom stereocenters. The number of para-hydroxylation sites is 1. The highest BCUT2D eigenvalue weighted by Gasteiger charge is 2.34. The fourth-order valence-electron chi connectivity index (χ4n) is 4.05. The minimum Gasteiger partial charge on any atom is -0.352 e. The van der Waals surface area contributed by atoms with Crippen LogP contribution in [0.5, 0.6) is 0 Å². The van der Waals surface area contributed by atoms with E-state index in [1.54, 1.807) is 42.5 Å². The number of halogens is 2. The minimum atomic E-state index is -3.90. The molecule has 10 heteroatoms. The van der Waals surface area contributed by atoms with Crippen LogP contribution in [0.2, 0.25) is 0 Å². The van der Waals surface area contributed by atoms with Crippen molar-refractivity contribution in [3.8, 4) is 0 Å². The van der Waals surface area contributed by atoms with Crippen LogP contribution in [0.25, 0.3) is 0 Å². The summed E-state index contributed by atoms with van der Waals surface area (Å²) in [5.74, 6) is -1.56. The highest BCUT2D eigenvalue weighted by Crippen LogP contribution is 2.28. The Balaban J connectivity index is 2.08. The number of rotatable bonds is 12. The van der Waals surface area contributed by atoms with Gasteiger partial charge in [-0.05, 0) is 53.0 Å². The van der Waals surface area contributed by atoms with Gasteiger partial charge in [-0.25, -0.2) is 12.8 Å². The molecule has 0 aliphatic heterocycles. The number of nitrogens with zero attached hydrogens (tertiary/aromatic N) is 2. The van der Waals surface area contributed by atoms with Crippen LogP contribution >= 0.6 is 15.9 Å². The van der Waals surface area contributed by atoms with Gasteiger partial charge in [-0.15, -0.1) is 0 Å². The topological polar surface area (TPSA) is 86.8 Å². The third-order valence-electron chi connectivity index (χ3n) is 6.37. The molecule has 3 rings (SSSR count). The Morgan fingerprint density at radius 3 is 2.21 bits per heavy atom. The number of hydrogen-bond donors (Lipinski definition) is 1. The number of benzene rings is 3. The summed E-state index contributed by atoms with van der Waals surface area (Å²) in [6, 6.07) is 20.7. The lowest BCUT2D eigenvalue weighted by Crippen LogP contribution is -2.54. The van der Waals surface area contributed by atoms with Crippen LogP contribution < -0.4 is 9.62 Å². The maximum Gasteiger partial charge on any atom is 0.244 e. The Hall–Kier alpha value is -3.24. The van der Waals surface area contributed by atoms with Gasteiger partial charge in [0.25, 0.3) is 0 Å². The first kappa shape index (κ1) is 30.3. The summed E-state index contributed by atoms with van der Waals surface area (Å²) in [6.45, 7) is 3.00. The van der Waals surface area contributed by atoms with Crippen molar-refractivity contribution < 1.29 is 22.4 Å². The monoisotopic (exact) mass is 617 g/mol. The SMILES string of the molecule is CC[C@H](C)NC(=O)[C@@H](Cc1ccccc1)N(Cc1ccccc1F)C(=O)CN(c1ccccc1Br)S(C)(=O)=O. The van der Waals surface area contributed by atoms with Gasteiger partial charge in [-0.3, -0.25) is 13.9 Å². The molecule has 208 valence electrons. The summed E-state index contributed by atoms with van der Waals surface area (Å²) < 4.78 is 41.9. The number of carbonyl (C=O) groups is 2. The van der Waals surface area contributed by atoms with E-state index in [4.69, 9.17) is 0 Å². The summed E-state index contributed by atoms with van der Waals surface area (Å²) in [5.41, 5.74) is 1.30. The van der Waals surface area contributed by atoms with Crippen LogP contribution in [0.1, 0.15) is 31.4 Å². The maximum atomic E-state index is 14.8. The summed E-state index contributed by atoms with van der Waals surface area (Å²) in [7, 11) is -3.90. The molecule has 0 fully saturated rings. The van der Waals surface area contributed by atoms with Crippen molar-refractivity contribution in [3.63, 3.8) is 0 Å². The normalized spacial score (nSPS) is 12.8. The van der Waals surface area contributed by atoms with Gasteiger partial charge in [-0.1, -0.05) is 67.6 Å². The van der Waals surface area contributed by atoms with Gasteiger partial charge >= 0.3 is 0 Å². The van der Waals surface area contributed by atoms with Crippen molar-refractivity contribution >= 4 is 43.5 Å². The number of sulfonamides is 1. The van der Waals surface area contributed by atoms with E-state index >= 15 is 0 Å². The molecule has 1 N–H and O–H groups in total. The lowest BCUT2D eigenvalue weighted by Gasteiger charge is -2.34. The van der Waals surface area contributed by atoms with Gasteiger partial charge in [0.1, 0.15) is 18.4 Å². The van der Waals surface area contributed by atoms with E-state index in [0.29, 0.717) is 10.9 Å². The maximum absolute atomic E-state index is 14.8. The quantitative estimate of drug-likeness (QED) is 0.313. The van der Waals surface area contributed by atoms with Crippen LogP contribution in [0, 0.1) is 5.82 Å². The molecular weight excluding hydrogens is 585 g/mol. The van der Waals surface area contributed by atoms with Gasteiger partial charge in [0.05, 0.1) is 11.9 Å². The number of anilines is 1. The highest BCUT2D eigenvalue weighted by molar-refractivity contribution is 9.10. The fourth-order valence-corrected chi connectivity index (χ4v) is 5.53. The Kier molecular flexibility index (Phi) is 10.7. The van der Waals surface area contributed by atoms with E-state index in [9.17, 15) is 22.4 Å². The van der Waals surface area contributed by atoms with E-state index in [2.05, 4.69) is 21.2 Å². The molecule has 0 aliphatic rings. The molecule has 3 aromatic carbocycles. The van der Waals surface area contributed by atoms with Crippen LogP contribution in [0.3, 0.4) is 0 Å². The van der Waals surface area contributed by atoms with Crippen molar-refractivity contribution in [2.75, 3.05) is 17.1 Å². The molecule has 0 spiro atoms. The van der Waals surface area contributed by atoms with Crippen LogP contribution in [-0.4, -0.2) is 50.0 Å². The molecule has 0 heterocycles. The second kappa shape index (κ2) is 13.7. The second-order valence-electron chi connectivity index (χ2n) is 9.36. The average molecular weight is 619 g/mol. The van der Waals surface area contributed by atoms with E-state index in [0.717, 1.165) is 16.1 Å². The zero-order valence-electron chi connectivity index (χ0n) is 22.2. The second-order valence-corrected chi connectivity index (χ2v) is 12.1.